The van der Waals surface area contributed by atoms with Crippen LogP contribution in [0, 0.1) is 17.3 Å². The third-order valence-electron chi connectivity index (χ3n) is 7.45. The molecule has 2 aromatic carbocycles. The van der Waals surface area contributed by atoms with Crippen LogP contribution < -0.4 is 10.1 Å². The summed E-state index contributed by atoms with van der Waals surface area (Å²) in [5, 5.41) is 6.00. The molecule has 0 bridgehead atoms. The molecule has 0 atom stereocenters. The fraction of sp³-hybridized carbons (Fsp3) is 0.607. The zero-order chi connectivity index (χ0) is 22.7. The highest BCUT2D eigenvalue weighted by atomic mass is 16.5. The van der Waals surface area contributed by atoms with Crippen LogP contribution in [-0.4, -0.2) is 24.7 Å². The number of esters is 1. The summed E-state index contributed by atoms with van der Waals surface area (Å²) < 4.78 is 11.6. The van der Waals surface area contributed by atoms with E-state index in [0.29, 0.717) is 24.2 Å². The monoisotopic (exact) mass is 437 g/mol. The van der Waals surface area contributed by atoms with Gasteiger partial charge in [0.05, 0.1) is 18.6 Å². The van der Waals surface area contributed by atoms with Crippen LogP contribution in [0.25, 0.3) is 10.8 Å². The van der Waals surface area contributed by atoms with Gasteiger partial charge in [-0.15, -0.1) is 0 Å². The van der Waals surface area contributed by atoms with Crippen LogP contribution >= 0.6 is 0 Å². The van der Waals surface area contributed by atoms with Gasteiger partial charge in [0.1, 0.15) is 5.75 Å². The van der Waals surface area contributed by atoms with Crippen LogP contribution in [0.1, 0.15) is 71.8 Å². The second-order valence-corrected chi connectivity index (χ2v) is 10.8. The topological polar surface area (TPSA) is 47.6 Å². The smallest absolute Gasteiger partial charge is 0.309 e. The number of hydrogen-bond acceptors (Lipinski definition) is 4. The number of fused-ring (bicyclic) bond motifs is 1. The predicted molar refractivity (Wildman–Crippen MR) is 130 cm³/mol. The summed E-state index contributed by atoms with van der Waals surface area (Å²) in [6.45, 7) is 10.2. The SMILES string of the molecule is CCOC(=O)C1CC(NCc2ccc3c(O[C@H]4CC[C@H](C(C)(C)C)CC4)cccc3c2)C1. The van der Waals surface area contributed by atoms with Gasteiger partial charge in [-0.2, -0.15) is 0 Å². The molecule has 0 aliphatic heterocycles. The fourth-order valence-corrected chi connectivity index (χ4v) is 5.24. The third kappa shape index (κ3) is 5.46. The Morgan fingerprint density at radius 3 is 2.50 bits per heavy atom. The maximum atomic E-state index is 11.8. The van der Waals surface area contributed by atoms with E-state index in [4.69, 9.17) is 9.47 Å². The minimum atomic E-state index is -0.0457. The highest BCUT2D eigenvalue weighted by molar-refractivity contribution is 5.88. The van der Waals surface area contributed by atoms with E-state index in [1.807, 2.05) is 6.92 Å². The fourth-order valence-electron chi connectivity index (χ4n) is 5.24. The normalized spacial score (nSPS) is 25.9. The minimum absolute atomic E-state index is 0.0457. The van der Waals surface area contributed by atoms with E-state index < -0.39 is 0 Å². The first-order valence-corrected chi connectivity index (χ1v) is 12.4. The van der Waals surface area contributed by atoms with Crippen molar-refractivity contribution in [3.8, 4) is 5.75 Å². The van der Waals surface area contributed by atoms with E-state index in [0.717, 1.165) is 43.9 Å². The van der Waals surface area contributed by atoms with E-state index in [2.05, 4.69) is 62.5 Å². The van der Waals surface area contributed by atoms with Gasteiger partial charge in [-0.05, 0) is 79.9 Å². The zero-order valence-corrected chi connectivity index (χ0v) is 20.2. The lowest BCUT2D eigenvalue weighted by Gasteiger charge is -2.37. The van der Waals surface area contributed by atoms with Gasteiger partial charge in [0.2, 0.25) is 0 Å². The van der Waals surface area contributed by atoms with E-state index in [1.54, 1.807) is 0 Å². The molecule has 0 heterocycles. The second kappa shape index (κ2) is 9.82. The van der Waals surface area contributed by atoms with E-state index in [1.165, 1.54) is 29.2 Å². The molecule has 2 aromatic rings. The van der Waals surface area contributed by atoms with Gasteiger partial charge in [-0.1, -0.05) is 45.0 Å². The number of rotatable bonds is 7. The summed E-state index contributed by atoms with van der Waals surface area (Å²) in [4.78, 5) is 11.8. The largest absolute Gasteiger partial charge is 0.490 e. The lowest BCUT2D eigenvalue weighted by molar-refractivity contribution is -0.151. The number of carbonyl (C=O) groups excluding carboxylic acids is 1. The molecular weight excluding hydrogens is 398 g/mol. The lowest BCUT2D eigenvalue weighted by atomic mass is 9.72. The average molecular weight is 438 g/mol. The molecule has 2 aliphatic rings. The summed E-state index contributed by atoms with van der Waals surface area (Å²) in [5.41, 5.74) is 1.66. The molecule has 0 unspecified atom stereocenters. The molecular formula is C28H39NO3. The second-order valence-electron chi connectivity index (χ2n) is 10.8. The summed E-state index contributed by atoms with van der Waals surface area (Å²) in [6.07, 6.45) is 6.89. The Morgan fingerprint density at radius 2 is 1.81 bits per heavy atom. The van der Waals surface area contributed by atoms with Crippen LogP contribution in [0.4, 0.5) is 0 Å². The quantitative estimate of drug-likeness (QED) is 0.520. The molecule has 2 saturated carbocycles. The molecule has 1 N–H and O–H groups in total. The Morgan fingerprint density at radius 1 is 1.06 bits per heavy atom. The first-order chi connectivity index (χ1) is 15.3. The van der Waals surface area contributed by atoms with Crippen molar-refractivity contribution in [2.45, 2.75) is 84.9 Å². The van der Waals surface area contributed by atoms with E-state index >= 15 is 0 Å². The minimum Gasteiger partial charge on any atom is -0.490 e. The van der Waals surface area contributed by atoms with Gasteiger partial charge < -0.3 is 14.8 Å². The van der Waals surface area contributed by atoms with Crippen molar-refractivity contribution in [3.63, 3.8) is 0 Å². The van der Waals surface area contributed by atoms with Crippen molar-refractivity contribution in [2.75, 3.05) is 6.61 Å². The van der Waals surface area contributed by atoms with Crippen LogP contribution in [0.3, 0.4) is 0 Å². The van der Waals surface area contributed by atoms with Crippen molar-refractivity contribution in [3.05, 3.63) is 42.0 Å². The Kier molecular flexibility index (Phi) is 7.09. The molecule has 0 spiro atoms. The van der Waals surface area contributed by atoms with Gasteiger partial charge in [-0.25, -0.2) is 0 Å². The summed E-state index contributed by atoms with van der Waals surface area (Å²) in [6, 6.07) is 13.4. The molecule has 2 fully saturated rings. The van der Waals surface area contributed by atoms with Crippen LogP contribution in [0.2, 0.25) is 0 Å². The number of nitrogens with one attached hydrogen (secondary N) is 1. The van der Waals surface area contributed by atoms with E-state index in [-0.39, 0.29) is 11.9 Å². The average Bonchev–Trinajstić information content (AvgIpc) is 2.72. The van der Waals surface area contributed by atoms with Crippen LogP contribution in [0.5, 0.6) is 5.75 Å². The summed E-state index contributed by atoms with van der Waals surface area (Å²) in [7, 11) is 0. The highest BCUT2D eigenvalue weighted by Gasteiger charge is 2.35. The predicted octanol–water partition coefficient (Wildman–Crippen LogP) is 6.25. The third-order valence-corrected chi connectivity index (χ3v) is 7.45. The molecule has 0 aromatic heterocycles. The van der Waals surface area contributed by atoms with Crippen molar-refractivity contribution in [1.82, 2.24) is 5.32 Å². The first kappa shape index (κ1) is 23.1. The number of ether oxygens (including phenoxy) is 2. The molecule has 4 nitrogen and oxygen atoms in total. The molecule has 0 saturated heterocycles. The van der Waals surface area contributed by atoms with Gasteiger partial charge in [0, 0.05) is 18.0 Å². The van der Waals surface area contributed by atoms with Gasteiger partial charge in [0.15, 0.2) is 0 Å². The maximum absolute atomic E-state index is 11.8. The van der Waals surface area contributed by atoms with Crippen molar-refractivity contribution in [2.24, 2.45) is 17.3 Å². The van der Waals surface area contributed by atoms with Crippen LogP contribution in [-0.2, 0) is 16.1 Å². The zero-order valence-electron chi connectivity index (χ0n) is 20.2. The molecule has 4 rings (SSSR count). The standard InChI is InChI=1S/C28H39NO3/c1-5-31-27(30)21-16-23(17-21)29-18-19-9-14-25-20(15-19)7-6-8-26(25)32-24-12-10-22(11-13-24)28(2,3)4/h6-9,14-15,21-24,29H,5,10-13,16-18H2,1-4H3/t21?,22-,23?,24-. The Hall–Kier alpha value is -2.07. The van der Waals surface area contributed by atoms with E-state index in [9.17, 15) is 4.79 Å². The Balaban J connectivity index is 1.32. The Bertz CT molecular complexity index is 918. The summed E-state index contributed by atoms with van der Waals surface area (Å²) in [5.74, 6) is 1.84. The molecule has 4 heteroatoms. The van der Waals surface area contributed by atoms with Crippen molar-refractivity contribution in [1.29, 1.82) is 0 Å². The maximum Gasteiger partial charge on any atom is 0.309 e. The first-order valence-electron chi connectivity index (χ1n) is 12.4. The Labute approximate surface area is 193 Å². The number of hydrogen-bond donors (Lipinski definition) is 1. The van der Waals surface area contributed by atoms with Crippen molar-refractivity contribution < 1.29 is 14.3 Å². The molecule has 0 amide bonds. The summed E-state index contributed by atoms with van der Waals surface area (Å²) >= 11 is 0. The van der Waals surface area contributed by atoms with Gasteiger partial charge in [-0.3, -0.25) is 4.79 Å². The molecule has 0 radical (unpaired) electrons. The van der Waals surface area contributed by atoms with Gasteiger partial charge >= 0.3 is 5.97 Å². The number of benzene rings is 2. The van der Waals surface area contributed by atoms with Crippen LogP contribution in [0.15, 0.2) is 36.4 Å². The molecule has 174 valence electrons. The van der Waals surface area contributed by atoms with Crippen molar-refractivity contribution >= 4 is 16.7 Å². The lowest BCUT2D eigenvalue weighted by Crippen LogP contribution is -2.44. The van der Waals surface area contributed by atoms with Gasteiger partial charge in [0.25, 0.3) is 0 Å². The highest BCUT2D eigenvalue weighted by Crippen LogP contribution is 2.39. The molecule has 32 heavy (non-hydrogen) atoms. The molecule has 2 aliphatic carbocycles. The number of carbonyl (C=O) groups is 1.